The summed E-state index contributed by atoms with van der Waals surface area (Å²) in [4.78, 5) is 5.95. The van der Waals surface area contributed by atoms with Gasteiger partial charge in [-0.2, -0.15) is 0 Å². The first kappa shape index (κ1) is 17.0. The van der Waals surface area contributed by atoms with Crippen LogP contribution in [0.1, 0.15) is 25.5 Å². The number of aromatic nitrogens is 1. The first-order valence-electron chi connectivity index (χ1n) is 8.52. The van der Waals surface area contributed by atoms with Crippen molar-refractivity contribution in [2.45, 2.75) is 37.2 Å². The van der Waals surface area contributed by atoms with E-state index in [1.807, 2.05) is 24.4 Å². The summed E-state index contributed by atoms with van der Waals surface area (Å²) in [5.74, 6) is 0.143. The topological polar surface area (TPSA) is 65.2 Å². The highest BCUT2D eigenvalue weighted by Crippen LogP contribution is 2.22. The molecule has 2 N–H and O–H groups in total. The molecule has 0 saturated carbocycles. The number of anilines is 1. The number of nitrogens with one attached hydrogen (secondary N) is 2. The highest BCUT2D eigenvalue weighted by atomic mass is 32.2. The fraction of sp³-hybridized carbons (Fsp3) is 0.444. The molecule has 0 radical (unpaired) electrons. The highest BCUT2D eigenvalue weighted by Gasteiger charge is 2.19. The molecule has 1 aromatic carbocycles. The standard InChI is InChI=1S/C18H25N3O2S/c1-2-24(22,23)18-7-5-17(6-8-18)21-12-9-15(10-13-21)20-14-16-4-3-11-19-16/h3-8,11,15,19-20H,2,9-10,12-14H2,1H3. The molecule has 0 bridgehead atoms. The van der Waals surface area contributed by atoms with Crippen molar-refractivity contribution in [3.63, 3.8) is 0 Å². The first-order chi connectivity index (χ1) is 11.6. The Hall–Kier alpha value is -1.79. The zero-order valence-corrected chi connectivity index (χ0v) is 14.8. The molecular weight excluding hydrogens is 322 g/mol. The third-order valence-corrected chi connectivity index (χ3v) is 6.43. The van der Waals surface area contributed by atoms with Crippen LogP contribution in [0.25, 0.3) is 0 Å². The molecular formula is C18H25N3O2S. The second kappa shape index (κ2) is 7.40. The van der Waals surface area contributed by atoms with E-state index in [4.69, 9.17) is 0 Å². The number of rotatable bonds is 6. The van der Waals surface area contributed by atoms with Crippen LogP contribution in [-0.2, 0) is 16.4 Å². The average molecular weight is 347 g/mol. The Labute approximate surface area is 144 Å². The molecule has 0 spiro atoms. The van der Waals surface area contributed by atoms with Crippen molar-refractivity contribution in [1.29, 1.82) is 0 Å². The van der Waals surface area contributed by atoms with Crippen LogP contribution in [0.3, 0.4) is 0 Å². The van der Waals surface area contributed by atoms with Crippen LogP contribution in [-0.4, -0.2) is 38.3 Å². The van der Waals surface area contributed by atoms with E-state index in [0.29, 0.717) is 10.9 Å². The maximum absolute atomic E-state index is 11.9. The van der Waals surface area contributed by atoms with Crippen molar-refractivity contribution >= 4 is 15.5 Å². The van der Waals surface area contributed by atoms with Gasteiger partial charge in [-0.3, -0.25) is 0 Å². The minimum Gasteiger partial charge on any atom is -0.371 e. The lowest BCUT2D eigenvalue weighted by molar-refractivity contribution is 0.412. The van der Waals surface area contributed by atoms with Crippen molar-refractivity contribution in [3.8, 4) is 0 Å². The van der Waals surface area contributed by atoms with Gasteiger partial charge in [-0.15, -0.1) is 0 Å². The van der Waals surface area contributed by atoms with Crippen molar-refractivity contribution in [3.05, 3.63) is 48.3 Å². The third-order valence-electron chi connectivity index (χ3n) is 4.68. The second-order valence-corrected chi connectivity index (χ2v) is 8.51. The highest BCUT2D eigenvalue weighted by molar-refractivity contribution is 7.91. The number of sulfone groups is 1. The van der Waals surface area contributed by atoms with Crippen LogP contribution < -0.4 is 10.2 Å². The van der Waals surface area contributed by atoms with Crippen molar-refractivity contribution in [2.24, 2.45) is 0 Å². The van der Waals surface area contributed by atoms with E-state index in [1.54, 1.807) is 19.1 Å². The quantitative estimate of drug-likeness (QED) is 0.843. The molecule has 1 saturated heterocycles. The lowest BCUT2D eigenvalue weighted by atomic mass is 10.0. The summed E-state index contributed by atoms with van der Waals surface area (Å²) in [6.07, 6.45) is 4.13. The monoisotopic (exact) mass is 347 g/mol. The molecule has 2 heterocycles. The van der Waals surface area contributed by atoms with E-state index in [1.165, 1.54) is 5.69 Å². The van der Waals surface area contributed by atoms with Gasteiger partial charge in [0.25, 0.3) is 0 Å². The van der Waals surface area contributed by atoms with Crippen LogP contribution in [0.15, 0.2) is 47.5 Å². The van der Waals surface area contributed by atoms with Gasteiger partial charge in [0.15, 0.2) is 9.84 Å². The van der Waals surface area contributed by atoms with E-state index in [2.05, 4.69) is 21.3 Å². The Morgan fingerprint density at radius 2 is 1.88 bits per heavy atom. The molecule has 3 rings (SSSR count). The lowest BCUT2D eigenvalue weighted by Crippen LogP contribution is -2.42. The predicted molar refractivity (Wildman–Crippen MR) is 97.0 cm³/mol. The normalized spacial score (nSPS) is 16.5. The van der Waals surface area contributed by atoms with Crippen molar-refractivity contribution in [1.82, 2.24) is 10.3 Å². The summed E-state index contributed by atoms with van der Waals surface area (Å²) in [5, 5.41) is 3.60. The van der Waals surface area contributed by atoms with E-state index in [-0.39, 0.29) is 5.75 Å². The van der Waals surface area contributed by atoms with Gasteiger partial charge < -0.3 is 15.2 Å². The van der Waals surface area contributed by atoms with E-state index >= 15 is 0 Å². The molecule has 0 aliphatic carbocycles. The average Bonchev–Trinajstić information content (AvgIpc) is 3.14. The number of hydrogen-bond acceptors (Lipinski definition) is 4. The van der Waals surface area contributed by atoms with E-state index < -0.39 is 9.84 Å². The van der Waals surface area contributed by atoms with Crippen molar-refractivity contribution < 1.29 is 8.42 Å². The van der Waals surface area contributed by atoms with Crippen LogP contribution >= 0.6 is 0 Å². The fourth-order valence-electron chi connectivity index (χ4n) is 3.10. The zero-order valence-electron chi connectivity index (χ0n) is 14.0. The molecule has 24 heavy (non-hydrogen) atoms. The zero-order chi connectivity index (χ0) is 17.0. The molecule has 0 amide bonds. The van der Waals surface area contributed by atoms with E-state index in [9.17, 15) is 8.42 Å². The number of aromatic amines is 1. The van der Waals surface area contributed by atoms with Gasteiger partial charge in [0, 0.05) is 43.3 Å². The predicted octanol–water partition coefficient (Wildman–Crippen LogP) is 2.57. The van der Waals surface area contributed by atoms with Crippen LogP contribution in [0.2, 0.25) is 0 Å². The molecule has 130 valence electrons. The first-order valence-corrected chi connectivity index (χ1v) is 10.2. The Morgan fingerprint density at radius 1 is 1.17 bits per heavy atom. The van der Waals surface area contributed by atoms with Gasteiger partial charge in [-0.1, -0.05) is 6.92 Å². The smallest absolute Gasteiger partial charge is 0.178 e. The third kappa shape index (κ3) is 3.99. The summed E-state index contributed by atoms with van der Waals surface area (Å²) in [6, 6.07) is 11.9. The summed E-state index contributed by atoms with van der Waals surface area (Å²) < 4.78 is 23.8. The number of nitrogens with zero attached hydrogens (tertiary/aromatic N) is 1. The van der Waals surface area contributed by atoms with Crippen LogP contribution in [0.5, 0.6) is 0 Å². The van der Waals surface area contributed by atoms with Gasteiger partial charge in [0.2, 0.25) is 0 Å². The van der Waals surface area contributed by atoms with Crippen LogP contribution in [0, 0.1) is 0 Å². The molecule has 5 nitrogen and oxygen atoms in total. The Kier molecular flexibility index (Phi) is 5.26. The van der Waals surface area contributed by atoms with Crippen molar-refractivity contribution in [2.75, 3.05) is 23.7 Å². The fourth-order valence-corrected chi connectivity index (χ4v) is 3.99. The molecule has 1 aliphatic rings. The minimum absolute atomic E-state index is 0.143. The van der Waals surface area contributed by atoms with Crippen LogP contribution in [0.4, 0.5) is 5.69 Å². The largest absolute Gasteiger partial charge is 0.371 e. The van der Waals surface area contributed by atoms with Gasteiger partial charge in [-0.25, -0.2) is 8.42 Å². The number of piperidine rings is 1. The summed E-state index contributed by atoms with van der Waals surface area (Å²) in [5.41, 5.74) is 2.32. The maximum Gasteiger partial charge on any atom is 0.178 e. The number of hydrogen-bond donors (Lipinski definition) is 2. The molecule has 1 fully saturated rings. The Morgan fingerprint density at radius 3 is 2.46 bits per heavy atom. The summed E-state index contributed by atoms with van der Waals surface area (Å²) in [7, 11) is -3.11. The molecule has 6 heteroatoms. The number of H-pyrrole nitrogens is 1. The van der Waals surface area contributed by atoms with Gasteiger partial charge in [0.05, 0.1) is 10.6 Å². The summed E-state index contributed by atoms with van der Waals surface area (Å²) in [6.45, 7) is 4.53. The molecule has 1 aromatic heterocycles. The second-order valence-electron chi connectivity index (χ2n) is 6.23. The Balaban J connectivity index is 1.53. The summed E-state index contributed by atoms with van der Waals surface area (Å²) >= 11 is 0. The van der Waals surface area contributed by atoms with Gasteiger partial charge in [0.1, 0.15) is 0 Å². The molecule has 2 aromatic rings. The SMILES string of the molecule is CCS(=O)(=O)c1ccc(N2CCC(NCc3ccc[nH]3)CC2)cc1. The van der Waals surface area contributed by atoms with E-state index in [0.717, 1.165) is 38.2 Å². The molecule has 0 unspecified atom stereocenters. The molecule has 0 atom stereocenters. The van der Waals surface area contributed by atoms with Gasteiger partial charge >= 0.3 is 0 Å². The maximum atomic E-state index is 11.9. The lowest BCUT2D eigenvalue weighted by Gasteiger charge is -2.34. The molecule has 1 aliphatic heterocycles. The number of benzene rings is 1. The Bertz CT molecular complexity index is 731. The van der Waals surface area contributed by atoms with Gasteiger partial charge in [-0.05, 0) is 49.2 Å². The minimum atomic E-state index is -3.11.